The standard InChI is InChI=1S/C10H18N2O3/c11-10(13)15-5-8-1-3-12(4-2-8)9-6-14-7-9/h8-9H,1-7H2,(H2,11,13). The Balaban J connectivity index is 1.65. The number of hydrogen-bond donors (Lipinski definition) is 1. The zero-order valence-corrected chi connectivity index (χ0v) is 8.85. The number of primary amides is 1. The molecule has 2 saturated heterocycles. The maximum absolute atomic E-state index is 10.4. The summed E-state index contributed by atoms with van der Waals surface area (Å²) in [6.45, 7) is 4.40. The summed E-state index contributed by atoms with van der Waals surface area (Å²) in [6, 6.07) is 0.628. The van der Waals surface area contributed by atoms with Crippen LogP contribution in [0, 0.1) is 5.92 Å². The molecule has 0 spiro atoms. The molecular formula is C10H18N2O3. The van der Waals surface area contributed by atoms with E-state index in [0.29, 0.717) is 18.6 Å². The number of piperidine rings is 1. The van der Waals surface area contributed by atoms with E-state index in [-0.39, 0.29) is 0 Å². The third kappa shape index (κ3) is 2.82. The zero-order chi connectivity index (χ0) is 10.7. The Kier molecular flexibility index (Phi) is 3.43. The summed E-state index contributed by atoms with van der Waals surface area (Å²) in [5.74, 6) is 0.481. The van der Waals surface area contributed by atoms with Crippen LogP contribution < -0.4 is 5.73 Å². The fourth-order valence-corrected chi connectivity index (χ4v) is 2.12. The van der Waals surface area contributed by atoms with Crippen LogP contribution in [0.15, 0.2) is 0 Å². The summed E-state index contributed by atoms with van der Waals surface area (Å²) in [5.41, 5.74) is 4.93. The van der Waals surface area contributed by atoms with Gasteiger partial charge in [0.25, 0.3) is 0 Å². The Bertz CT molecular complexity index is 223. The lowest BCUT2D eigenvalue weighted by Gasteiger charge is -2.41. The van der Waals surface area contributed by atoms with Gasteiger partial charge in [0, 0.05) is 0 Å². The Labute approximate surface area is 89.5 Å². The summed E-state index contributed by atoms with van der Waals surface area (Å²) in [7, 11) is 0. The van der Waals surface area contributed by atoms with Crippen LogP contribution in [-0.4, -0.2) is 49.9 Å². The summed E-state index contributed by atoms with van der Waals surface area (Å²) < 4.78 is 9.98. The Hall–Kier alpha value is -0.810. The van der Waals surface area contributed by atoms with Crippen LogP contribution in [0.1, 0.15) is 12.8 Å². The second kappa shape index (κ2) is 4.81. The Morgan fingerprint density at radius 2 is 2.07 bits per heavy atom. The normalized spacial score (nSPS) is 24.8. The van der Waals surface area contributed by atoms with Gasteiger partial charge in [0.2, 0.25) is 0 Å². The molecule has 0 saturated carbocycles. The van der Waals surface area contributed by atoms with Crippen molar-refractivity contribution in [2.24, 2.45) is 11.7 Å². The Morgan fingerprint density at radius 3 is 2.53 bits per heavy atom. The van der Waals surface area contributed by atoms with Gasteiger partial charge in [-0.2, -0.15) is 0 Å². The molecule has 1 amide bonds. The minimum atomic E-state index is -0.662. The molecule has 0 aromatic heterocycles. The minimum Gasteiger partial charge on any atom is -0.449 e. The summed E-state index contributed by atoms with van der Waals surface area (Å²) in [6.07, 6.45) is 1.51. The van der Waals surface area contributed by atoms with E-state index in [1.807, 2.05) is 0 Å². The van der Waals surface area contributed by atoms with Gasteiger partial charge in [0.15, 0.2) is 0 Å². The first kappa shape index (κ1) is 10.7. The van der Waals surface area contributed by atoms with E-state index >= 15 is 0 Å². The zero-order valence-electron chi connectivity index (χ0n) is 8.85. The number of ether oxygens (including phenoxy) is 2. The van der Waals surface area contributed by atoms with Crippen molar-refractivity contribution in [3.63, 3.8) is 0 Å². The van der Waals surface area contributed by atoms with Crippen LogP contribution >= 0.6 is 0 Å². The Morgan fingerprint density at radius 1 is 1.40 bits per heavy atom. The topological polar surface area (TPSA) is 64.8 Å². The number of carbonyl (C=O) groups is 1. The molecule has 2 fully saturated rings. The highest BCUT2D eigenvalue weighted by Gasteiger charge is 2.29. The SMILES string of the molecule is NC(=O)OCC1CCN(C2COC2)CC1. The van der Waals surface area contributed by atoms with E-state index in [1.54, 1.807) is 0 Å². The lowest BCUT2D eigenvalue weighted by molar-refractivity contribution is -0.0755. The molecule has 2 N–H and O–H groups in total. The molecular weight excluding hydrogens is 196 g/mol. The first-order valence-corrected chi connectivity index (χ1v) is 5.49. The molecule has 0 aromatic carbocycles. The van der Waals surface area contributed by atoms with Crippen molar-refractivity contribution in [1.82, 2.24) is 4.90 Å². The third-order valence-electron chi connectivity index (χ3n) is 3.25. The van der Waals surface area contributed by atoms with Crippen molar-refractivity contribution in [2.75, 3.05) is 32.9 Å². The molecule has 0 aromatic rings. The summed E-state index contributed by atoms with van der Waals surface area (Å²) >= 11 is 0. The van der Waals surface area contributed by atoms with E-state index in [0.717, 1.165) is 39.1 Å². The maximum Gasteiger partial charge on any atom is 0.404 e. The second-order valence-electron chi connectivity index (χ2n) is 4.30. The van der Waals surface area contributed by atoms with Crippen molar-refractivity contribution in [2.45, 2.75) is 18.9 Å². The summed E-state index contributed by atoms with van der Waals surface area (Å²) in [5, 5.41) is 0. The third-order valence-corrected chi connectivity index (χ3v) is 3.25. The molecule has 2 rings (SSSR count). The smallest absolute Gasteiger partial charge is 0.404 e. The van der Waals surface area contributed by atoms with Gasteiger partial charge in [-0.15, -0.1) is 0 Å². The summed E-state index contributed by atoms with van der Waals surface area (Å²) in [4.78, 5) is 12.9. The van der Waals surface area contributed by atoms with Crippen LogP contribution in [0.4, 0.5) is 4.79 Å². The van der Waals surface area contributed by atoms with Gasteiger partial charge in [0.1, 0.15) is 0 Å². The number of likely N-dealkylation sites (tertiary alicyclic amines) is 1. The quantitative estimate of drug-likeness (QED) is 0.728. The average molecular weight is 214 g/mol. The van der Waals surface area contributed by atoms with Crippen molar-refractivity contribution in [3.8, 4) is 0 Å². The van der Waals surface area contributed by atoms with Gasteiger partial charge in [-0.25, -0.2) is 4.79 Å². The monoisotopic (exact) mass is 214 g/mol. The molecule has 5 nitrogen and oxygen atoms in total. The van der Waals surface area contributed by atoms with Crippen LogP contribution in [-0.2, 0) is 9.47 Å². The number of carbonyl (C=O) groups excluding carboxylic acids is 1. The maximum atomic E-state index is 10.4. The number of amides is 1. The first-order valence-electron chi connectivity index (χ1n) is 5.49. The molecule has 2 aliphatic heterocycles. The van der Waals surface area contributed by atoms with E-state index in [2.05, 4.69) is 4.90 Å². The molecule has 0 radical (unpaired) electrons. The molecule has 5 heteroatoms. The fraction of sp³-hybridized carbons (Fsp3) is 0.900. The average Bonchev–Trinajstić information content (AvgIpc) is 2.14. The van der Waals surface area contributed by atoms with E-state index in [4.69, 9.17) is 15.2 Å². The van der Waals surface area contributed by atoms with E-state index < -0.39 is 6.09 Å². The molecule has 86 valence electrons. The van der Waals surface area contributed by atoms with E-state index in [1.165, 1.54) is 0 Å². The largest absolute Gasteiger partial charge is 0.449 e. The predicted octanol–water partition coefficient (Wildman–Crippen LogP) is 0.192. The first-order chi connectivity index (χ1) is 7.25. The molecule has 15 heavy (non-hydrogen) atoms. The van der Waals surface area contributed by atoms with Crippen molar-refractivity contribution in [1.29, 1.82) is 0 Å². The molecule has 0 unspecified atom stereocenters. The number of nitrogens with zero attached hydrogens (tertiary/aromatic N) is 1. The number of rotatable bonds is 3. The van der Waals surface area contributed by atoms with Crippen molar-refractivity contribution >= 4 is 6.09 Å². The van der Waals surface area contributed by atoms with Gasteiger partial charge in [-0.1, -0.05) is 0 Å². The minimum absolute atomic E-state index is 0.477. The van der Waals surface area contributed by atoms with Gasteiger partial charge < -0.3 is 15.2 Å². The van der Waals surface area contributed by atoms with Crippen molar-refractivity contribution in [3.05, 3.63) is 0 Å². The lowest BCUT2D eigenvalue weighted by atomic mass is 9.96. The van der Waals surface area contributed by atoms with Gasteiger partial charge in [0.05, 0.1) is 25.9 Å². The van der Waals surface area contributed by atoms with Gasteiger partial charge >= 0.3 is 6.09 Å². The fourth-order valence-electron chi connectivity index (χ4n) is 2.12. The predicted molar refractivity (Wildman–Crippen MR) is 54.4 cm³/mol. The molecule has 0 bridgehead atoms. The second-order valence-corrected chi connectivity index (χ2v) is 4.30. The highest BCUT2D eigenvalue weighted by atomic mass is 16.5. The van der Waals surface area contributed by atoms with Crippen LogP contribution in [0.2, 0.25) is 0 Å². The molecule has 2 heterocycles. The van der Waals surface area contributed by atoms with Gasteiger partial charge in [-0.3, -0.25) is 4.90 Å². The van der Waals surface area contributed by atoms with Gasteiger partial charge in [-0.05, 0) is 31.8 Å². The number of hydrogen-bond acceptors (Lipinski definition) is 4. The molecule has 0 atom stereocenters. The highest BCUT2D eigenvalue weighted by molar-refractivity contribution is 5.64. The van der Waals surface area contributed by atoms with E-state index in [9.17, 15) is 4.79 Å². The highest BCUT2D eigenvalue weighted by Crippen LogP contribution is 2.21. The molecule has 2 aliphatic rings. The van der Waals surface area contributed by atoms with Crippen LogP contribution in [0.5, 0.6) is 0 Å². The number of nitrogens with two attached hydrogens (primary N) is 1. The van der Waals surface area contributed by atoms with Crippen molar-refractivity contribution < 1.29 is 14.3 Å². The van der Waals surface area contributed by atoms with Crippen LogP contribution in [0.3, 0.4) is 0 Å². The molecule has 0 aliphatic carbocycles. The van der Waals surface area contributed by atoms with Crippen LogP contribution in [0.25, 0.3) is 0 Å². The lowest BCUT2D eigenvalue weighted by Crippen LogP contribution is -2.52.